The molecular formula is C11H16N2O2S2. The molecule has 1 rings (SSSR count). The zero-order valence-corrected chi connectivity index (χ0v) is 11.3. The maximum atomic E-state index is 11.7. The lowest BCUT2D eigenvalue weighted by atomic mass is 10.2. The molecule has 0 aliphatic heterocycles. The Balaban J connectivity index is 2.81. The van der Waals surface area contributed by atoms with Gasteiger partial charge in [0, 0.05) is 11.3 Å². The van der Waals surface area contributed by atoms with Crippen molar-refractivity contribution in [3.63, 3.8) is 0 Å². The molecule has 0 radical (unpaired) electrons. The summed E-state index contributed by atoms with van der Waals surface area (Å²) in [7, 11) is -3.27. The van der Waals surface area contributed by atoms with Crippen LogP contribution in [0.2, 0.25) is 0 Å². The number of thiocarbonyl (C=S) groups is 1. The smallest absolute Gasteiger partial charge is 0.232 e. The number of hydrogen-bond donors (Lipinski definition) is 2. The maximum Gasteiger partial charge on any atom is 0.232 e. The van der Waals surface area contributed by atoms with Crippen molar-refractivity contribution in [2.45, 2.75) is 19.8 Å². The van der Waals surface area contributed by atoms with E-state index >= 15 is 0 Å². The number of anilines is 1. The van der Waals surface area contributed by atoms with Crippen LogP contribution in [0, 0.1) is 0 Å². The fourth-order valence-corrected chi connectivity index (χ4v) is 2.68. The van der Waals surface area contributed by atoms with Crippen molar-refractivity contribution in [3.05, 3.63) is 29.8 Å². The van der Waals surface area contributed by atoms with E-state index in [9.17, 15) is 8.42 Å². The Morgan fingerprint density at radius 1 is 1.47 bits per heavy atom. The average molecular weight is 272 g/mol. The second-order valence-electron chi connectivity index (χ2n) is 3.72. The summed E-state index contributed by atoms with van der Waals surface area (Å²) in [5, 5.41) is 0. The van der Waals surface area contributed by atoms with Gasteiger partial charge in [0.2, 0.25) is 10.0 Å². The van der Waals surface area contributed by atoms with Crippen LogP contribution in [0.4, 0.5) is 5.69 Å². The van der Waals surface area contributed by atoms with Gasteiger partial charge in [-0.15, -0.1) is 0 Å². The van der Waals surface area contributed by atoms with Crippen molar-refractivity contribution in [2.24, 2.45) is 5.73 Å². The second-order valence-corrected chi connectivity index (χ2v) is 6.00. The number of nitrogens with two attached hydrogens (primary N) is 1. The Morgan fingerprint density at radius 2 is 2.18 bits per heavy atom. The summed E-state index contributed by atoms with van der Waals surface area (Å²) in [4.78, 5) is 0.250. The third kappa shape index (κ3) is 4.70. The van der Waals surface area contributed by atoms with Crippen LogP contribution in [0.15, 0.2) is 24.3 Å². The minimum Gasteiger partial charge on any atom is -0.389 e. The number of benzene rings is 1. The molecule has 3 N–H and O–H groups in total. The number of unbranched alkanes of at least 4 members (excludes halogenated alkanes) is 1. The first-order valence-corrected chi connectivity index (χ1v) is 7.41. The number of sulfonamides is 1. The molecule has 0 fully saturated rings. The van der Waals surface area contributed by atoms with Crippen LogP contribution < -0.4 is 10.5 Å². The quantitative estimate of drug-likeness (QED) is 0.775. The van der Waals surface area contributed by atoms with Crippen molar-refractivity contribution in [1.29, 1.82) is 0 Å². The molecule has 17 heavy (non-hydrogen) atoms. The Bertz CT molecular complexity index is 498. The van der Waals surface area contributed by atoms with Crippen molar-refractivity contribution < 1.29 is 8.42 Å². The van der Waals surface area contributed by atoms with Crippen LogP contribution in [0.5, 0.6) is 0 Å². The van der Waals surface area contributed by atoms with E-state index in [0.29, 0.717) is 17.7 Å². The first-order valence-electron chi connectivity index (χ1n) is 5.35. The topological polar surface area (TPSA) is 72.2 Å². The lowest BCUT2D eigenvalue weighted by molar-refractivity contribution is 0.598. The van der Waals surface area contributed by atoms with E-state index in [1.54, 1.807) is 24.3 Å². The maximum absolute atomic E-state index is 11.7. The highest BCUT2D eigenvalue weighted by Crippen LogP contribution is 2.13. The molecule has 0 bridgehead atoms. The van der Waals surface area contributed by atoms with E-state index in [1.165, 1.54) is 0 Å². The molecule has 0 heterocycles. The van der Waals surface area contributed by atoms with Crippen molar-refractivity contribution in [2.75, 3.05) is 10.5 Å². The monoisotopic (exact) mass is 272 g/mol. The molecule has 0 aliphatic rings. The van der Waals surface area contributed by atoms with E-state index in [0.717, 1.165) is 6.42 Å². The van der Waals surface area contributed by atoms with Gasteiger partial charge in [-0.05, 0) is 18.6 Å². The highest BCUT2D eigenvalue weighted by molar-refractivity contribution is 7.92. The Hall–Kier alpha value is -1.14. The molecule has 0 saturated heterocycles. The van der Waals surface area contributed by atoms with Crippen LogP contribution >= 0.6 is 12.2 Å². The zero-order chi connectivity index (χ0) is 12.9. The molecule has 0 aromatic heterocycles. The molecule has 94 valence electrons. The van der Waals surface area contributed by atoms with Crippen LogP contribution in [-0.4, -0.2) is 19.2 Å². The Kier molecular flexibility index (Phi) is 4.89. The van der Waals surface area contributed by atoms with Gasteiger partial charge in [-0.25, -0.2) is 8.42 Å². The fraction of sp³-hybridized carbons (Fsp3) is 0.364. The molecule has 1 aromatic carbocycles. The Labute approximate surface area is 107 Å². The summed E-state index contributed by atoms with van der Waals surface area (Å²) in [6.45, 7) is 1.95. The van der Waals surface area contributed by atoms with Crippen LogP contribution in [0.25, 0.3) is 0 Å². The molecule has 0 spiro atoms. The van der Waals surface area contributed by atoms with Crippen LogP contribution in [0.3, 0.4) is 0 Å². The van der Waals surface area contributed by atoms with Gasteiger partial charge >= 0.3 is 0 Å². The predicted octanol–water partition coefficient (Wildman–Crippen LogP) is 1.86. The highest BCUT2D eigenvalue weighted by atomic mass is 32.2. The number of rotatable bonds is 6. The van der Waals surface area contributed by atoms with Gasteiger partial charge in [-0.2, -0.15) is 0 Å². The van der Waals surface area contributed by atoms with Gasteiger partial charge < -0.3 is 5.73 Å². The van der Waals surface area contributed by atoms with Gasteiger partial charge in [0.15, 0.2) is 0 Å². The summed E-state index contributed by atoms with van der Waals surface area (Å²) < 4.78 is 25.8. The fourth-order valence-electron chi connectivity index (χ4n) is 1.30. The van der Waals surface area contributed by atoms with Gasteiger partial charge in [0.25, 0.3) is 0 Å². The zero-order valence-electron chi connectivity index (χ0n) is 9.64. The van der Waals surface area contributed by atoms with E-state index in [2.05, 4.69) is 4.72 Å². The summed E-state index contributed by atoms with van der Waals surface area (Å²) in [5.74, 6) is 0.126. The minimum absolute atomic E-state index is 0.126. The number of nitrogens with one attached hydrogen (secondary N) is 1. The molecule has 4 nitrogen and oxygen atoms in total. The van der Waals surface area contributed by atoms with Crippen LogP contribution in [0.1, 0.15) is 25.3 Å². The first kappa shape index (κ1) is 13.9. The molecule has 0 atom stereocenters. The second kappa shape index (κ2) is 5.97. The predicted molar refractivity (Wildman–Crippen MR) is 74.6 cm³/mol. The minimum atomic E-state index is -3.27. The third-order valence-corrected chi connectivity index (χ3v) is 3.80. The van der Waals surface area contributed by atoms with E-state index < -0.39 is 10.0 Å². The summed E-state index contributed by atoms with van der Waals surface area (Å²) in [6, 6.07) is 6.76. The third-order valence-electron chi connectivity index (χ3n) is 2.19. The van der Waals surface area contributed by atoms with Gasteiger partial charge in [0.1, 0.15) is 4.99 Å². The largest absolute Gasteiger partial charge is 0.389 e. The molecule has 0 aliphatic carbocycles. The summed E-state index contributed by atoms with van der Waals surface area (Å²) >= 11 is 4.83. The van der Waals surface area contributed by atoms with Crippen molar-refractivity contribution in [3.8, 4) is 0 Å². The first-order chi connectivity index (χ1) is 7.94. The summed E-state index contributed by atoms with van der Waals surface area (Å²) in [6.07, 6.45) is 1.48. The molecule has 0 amide bonds. The normalized spacial score (nSPS) is 11.1. The summed E-state index contributed by atoms with van der Waals surface area (Å²) in [5.41, 5.74) is 6.62. The standard InChI is InChI=1S/C11H16N2O2S2/c1-2-3-7-17(14,15)13-10-6-4-5-9(8-10)11(12)16/h4-6,8,13H,2-3,7H2,1H3,(H2,12,16). The van der Waals surface area contributed by atoms with E-state index in [-0.39, 0.29) is 10.7 Å². The molecule has 1 aromatic rings. The molecule has 6 heteroatoms. The number of hydrogen-bond acceptors (Lipinski definition) is 3. The van der Waals surface area contributed by atoms with Crippen molar-refractivity contribution in [1.82, 2.24) is 0 Å². The van der Waals surface area contributed by atoms with Gasteiger partial charge in [-0.1, -0.05) is 37.7 Å². The van der Waals surface area contributed by atoms with E-state index in [4.69, 9.17) is 18.0 Å². The molecule has 0 saturated carbocycles. The SMILES string of the molecule is CCCCS(=O)(=O)Nc1cccc(C(N)=S)c1. The average Bonchev–Trinajstić information content (AvgIpc) is 2.26. The lowest BCUT2D eigenvalue weighted by Gasteiger charge is -2.08. The van der Waals surface area contributed by atoms with E-state index in [1.807, 2.05) is 6.92 Å². The van der Waals surface area contributed by atoms with Gasteiger partial charge in [-0.3, -0.25) is 4.72 Å². The van der Waals surface area contributed by atoms with Gasteiger partial charge in [0.05, 0.1) is 5.75 Å². The lowest BCUT2D eigenvalue weighted by Crippen LogP contribution is -2.17. The molecule has 0 unspecified atom stereocenters. The van der Waals surface area contributed by atoms with Crippen LogP contribution in [-0.2, 0) is 10.0 Å². The van der Waals surface area contributed by atoms with Crippen molar-refractivity contribution >= 4 is 32.9 Å². The molecular weight excluding hydrogens is 256 g/mol. The Morgan fingerprint density at radius 3 is 2.76 bits per heavy atom. The highest BCUT2D eigenvalue weighted by Gasteiger charge is 2.09.